The van der Waals surface area contributed by atoms with Gasteiger partial charge >= 0.3 is 0 Å². The summed E-state index contributed by atoms with van der Waals surface area (Å²) in [4.78, 5) is 12.3. The van der Waals surface area contributed by atoms with Gasteiger partial charge in [0.15, 0.2) is 5.43 Å². The Hall–Kier alpha value is -3.01. The molecule has 4 heteroatoms. The zero-order valence-corrected chi connectivity index (χ0v) is 14.7. The topological polar surface area (TPSA) is 40.5 Å². The van der Waals surface area contributed by atoms with Crippen LogP contribution in [0.25, 0.3) is 16.5 Å². The molecule has 128 valence electrons. The van der Waals surface area contributed by atoms with Crippen molar-refractivity contribution >= 4 is 16.5 Å². The van der Waals surface area contributed by atoms with Gasteiger partial charge in [-0.3, -0.25) is 4.79 Å². The van der Waals surface area contributed by atoms with Gasteiger partial charge in [0.05, 0.1) is 19.7 Å². The van der Waals surface area contributed by atoms with Crippen LogP contribution in [0.3, 0.4) is 0 Å². The largest absolute Gasteiger partial charge is 0.497 e. The quantitative estimate of drug-likeness (QED) is 0.705. The molecular weight excluding hydrogens is 314 g/mol. The van der Waals surface area contributed by atoms with E-state index in [1.54, 1.807) is 20.3 Å². The molecule has 0 N–H and O–H groups in total. The Morgan fingerprint density at radius 3 is 2.56 bits per heavy atom. The number of hydrogen-bond acceptors (Lipinski definition) is 3. The normalized spacial score (nSPS) is 10.7. The molecule has 1 heterocycles. The smallest absolute Gasteiger partial charge is 0.189 e. The van der Waals surface area contributed by atoms with E-state index in [9.17, 15) is 4.79 Å². The van der Waals surface area contributed by atoms with Crippen LogP contribution in [0.1, 0.15) is 18.1 Å². The third-order valence-electron chi connectivity index (χ3n) is 4.40. The molecule has 0 radical (unpaired) electrons. The van der Waals surface area contributed by atoms with Gasteiger partial charge in [-0.1, -0.05) is 12.6 Å². The van der Waals surface area contributed by atoms with E-state index in [0.29, 0.717) is 11.1 Å². The Balaban J connectivity index is 2.15. The number of fused-ring (bicyclic) bond motifs is 1. The van der Waals surface area contributed by atoms with Crippen molar-refractivity contribution in [2.45, 2.75) is 13.5 Å². The van der Waals surface area contributed by atoms with Crippen molar-refractivity contribution in [2.24, 2.45) is 0 Å². The van der Waals surface area contributed by atoms with E-state index in [-0.39, 0.29) is 5.43 Å². The maximum atomic E-state index is 12.3. The van der Waals surface area contributed by atoms with Crippen LogP contribution in [-0.2, 0) is 6.54 Å². The van der Waals surface area contributed by atoms with Gasteiger partial charge in [0.2, 0.25) is 0 Å². The molecule has 0 spiro atoms. The third kappa shape index (κ3) is 3.03. The lowest BCUT2D eigenvalue weighted by Crippen LogP contribution is -2.07. The van der Waals surface area contributed by atoms with Gasteiger partial charge in [0.1, 0.15) is 11.5 Å². The predicted octanol–water partition coefficient (Wildman–Crippen LogP) is 4.10. The number of hydrogen-bond donors (Lipinski definition) is 0. The summed E-state index contributed by atoms with van der Waals surface area (Å²) in [6.45, 7) is 7.07. The Morgan fingerprint density at radius 1 is 1.08 bits per heavy atom. The van der Waals surface area contributed by atoms with Crippen molar-refractivity contribution in [2.75, 3.05) is 14.2 Å². The minimum atomic E-state index is 0.00644. The lowest BCUT2D eigenvalue weighted by molar-refractivity contribution is 0.402. The van der Waals surface area contributed by atoms with Gasteiger partial charge in [-0.2, -0.15) is 0 Å². The molecule has 0 aliphatic heterocycles. The second-order valence-corrected chi connectivity index (χ2v) is 5.74. The van der Waals surface area contributed by atoms with E-state index in [2.05, 4.69) is 18.1 Å². The van der Waals surface area contributed by atoms with Gasteiger partial charge in [-0.25, -0.2) is 0 Å². The van der Waals surface area contributed by atoms with Crippen LogP contribution in [0.2, 0.25) is 0 Å². The summed E-state index contributed by atoms with van der Waals surface area (Å²) in [5.41, 5.74) is 3.43. The van der Waals surface area contributed by atoms with E-state index < -0.39 is 0 Å². The first-order valence-electron chi connectivity index (χ1n) is 8.14. The minimum absolute atomic E-state index is 0.00644. The lowest BCUT2D eigenvalue weighted by atomic mass is 9.97. The molecule has 1 aromatic heterocycles. The van der Waals surface area contributed by atoms with Crippen LogP contribution in [0.4, 0.5) is 0 Å². The van der Waals surface area contributed by atoms with Gasteiger partial charge < -0.3 is 14.0 Å². The summed E-state index contributed by atoms with van der Waals surface area (Å²) in [6.07, 6.45) is 1.82. The highest BCUT2D eigenvalue weighted by Crippen LogP contribution is 2.33. The summed E-state index contributed by atoms with van der Waals surface area (Å²) in [5, 5.41) is 0.685. The summed E-state index contributed by atoms with van der Waals surface area (Å²) in [5.74, 6) is 1.44. The fourth-order valence-electron chi connectivity index (χ4n) is 2.98. The first kappa shape index (κ1) is 16.8. The molecule has 0 amide bonds. The van der Waals surface area contributed by atoms with E-state index in [0.717, 1.165) is 34.5 Å². The molecule has 0 aliphatic rings. The van der Waals surface area contributed by atoms with Gasteiger partial charge in [-0.15, -0.1) is 0 Å². The zero-order valence-electron chi connectivity index (χ0n) is 14.7. The number of benzene rings is 2. The van der Waals surface area contributed by atoms with E-state index >= 15 is 0 Å². The number of pyridine rings is 1. The number of methoxy groups -OCH3 is 2. The second kappa shape index (κ2) is 6.85. The molecular formula is C21H21NO3. The number of aryl methyl sites for hydroxylation is 1. The maximum Gasteiger partial charge on any atom is 0.189 e. The van der Waals surface area contributed by atoms with E-state index in [4.69, 9.17) is 9.47 Å². The number of rotatable bonds is 5. The summed E-state index contributed by atoms with van der Waals surface area (Å²) in [6, 6.07) is 13.0. The van der Waals surface area contributed by atoms with Crippen molar-refractivity contribution in [3.8, 4) is 11.5 Å². The van der Waals surface area contributed by atoms with Crippen LogP contribution < -0.4 is 14.9 Å². The number of aromatic nitrogens is 1. The molecule has 3 aromatic rings. The van der Waals surface area contributed by atoms with E-state index in [1.807, 2.05) is 42.6 Å². The molecule has 0 saturated heterocycles. The van der Waals surface area contributed by atoms with Gasteiger partial charge in [0.25, 0.3) is 0 Å². The Bertz CT molecular complexity index is 1000. The fraction of sp³-hybridized carbons (Fsp3) is 0.190. The fourth-order valence-corrected chi connectivity index (χ4v) is 2.98. The highest BCUT2D eigenvalue weighted by Gasteiger charge is 2.12. The highest BCUT2D eigenvalue weighted by molar-refractivity contribution is 5.88. The van der Waals surface area contributed by atoms with Gasteiger partial charge in [0, 0.05) is 29.8 Å². The Kier molecular flexibility index (Phi) is 4.61. The first-order valence-corrected chi connectivity index (χ1v) is 8.14. The van der Waals surface area contributed by atoms with Crippen molar-refractivity contribution in [1.29, 1.82) is 0 Å². The highest BCUT2D eigenvalue weighted by atomic mass is 16.5. The van der Waals surface area contributed by atoms with Crippen LogP contribution in [0, 0.1) is 0 Å². The standard InChI is InChI=1S/C21H21NO3/c1-5-22-11-10-20(23)18-12-15(6-8-19(18)22)14(2)17-13-16(24-3)7-9-21(17)25-4/h6-13H,2,5H2,1,3-4H3. The average Bonchev–Trinajstić information content (AvgIpc) is 2.67. The Morgan fingerprint density at radius 2 is 1.88 bits per heavy atom. The monoisotopic (exact) mass is 335 g/mol. The van der Waals surface area contributed by atoms with Crippen molar-refractivity contribution in [3.05, 3.63) is 76.6 Å². The maximum absolute atomic E-state index is 12.3. The number of ether oxygens (including phenoxy) is 2. The van der Waals surface area contributed by atoms with Crippen molar-refractivity contribution in [1.82, 2.24) is 4.57 Å². The second-order valence-electron chi connectivity index (χ2n) is 5.74. The van der Waals surface area contributed by atoms with E-state index in [1.165, 1.54) is 0 Å². The molecule has 2 aromatic carbocycles. The number of nitrogens with zero attached hydrogens (tertiary/aromatic N) is 1. The van der Waals surface area contributed by atoms with Crippen molar-refractivity contribution in [3.63, 3.8) is 0 Å². The molecule has 0 saturated carbocycles. The van der Waals surface area contributed by atoms with Crippen LogP contribution in [0.15, 0.2) is 60.0 Å². The zero-order chi connectivity index (χ0) is 18.0. The molecule has 0 unspecified atom stereocenters. The molecule has 0 atom stereocenters. The molecule has 4 nitrogen and oxygen atoms in total. The van der Waals surface area contributed by atoms with Gasteiger partial charge in [-0.05, 0) is 48.4 Å². The Labute approximate surface area is 146 Å². The first-order chi connectivity index (χ1) is 12.1. The lowest BCUT2D eigenvalue weighted by Gasteiger charge is -2.14. The summed E-state index contributed by atoms with van der Waals surface area (Å²) < 4.78 is 12.8. The average molecular weight is 335 g/mol. The van der Waals surface area contributed by atoms with Crippen LogP contribution in [0.5, 0.6) is 11.5 Å². The molecule has 0 aliphatic carbocycles. The summed E-state index contributed by atoms with van der Waals surface area (Å²) >= 11 is 0. The minimum Gasteiger partial charge on any atom is -0.497 e. The molecule has 3 rings (SSSR count). The van der Waals surface area contributed by atoms with Crippen LogP contribution in [-0.4, -0.2) is 18.8 Å². The summed E-state index contributed by atoms with van der Waals surface area (Å²) in [7, 11) is 3.25. The SMILES string of the molecule is C=C(c1ccc2c(c1)c(=O)ccn2CC)c1cc(OC)ccc1OC. The molecule has 0 bridgehead atoms. The van der Waals surface area contributed by atoms with Crippen LogP contribution >= 0.6 is 0 Å². The predicted molar refractivity (Wildman–Crippen MR) is 102 cm³/mol. The molecule has 25 heavy (non-hydrogen) atoms. The molecule has 0 fully saturated rings. The third-order valence-corrected chi connectivity index (χ3v) is 4.40. The van der Waals surface area contributed by atoms with Crippen molar-refractivity contribution < 1.29 is 9.47 Å².